The summed E-state index contributed by atoms with van der Waals surface area (Å²) in [6.45, 7) is -0.236. The lowest BCUT2D eigenvalue weighted by molar-refractivity contribution is 0.482. The average molecular weight is 945 g/mol. The summed E-state index contributed by atoms with van der Waals surface area (Å²) >= 11 is 0. The molecular formula is C66H42B2N4O2. The zero-order valence-electron chi connectivity index (χ0n) is 40.0. The first-order valence-electron chi connectivity index (χ1n) is 25.4. The quantitative estimate of drug-likeness (QED) is 0.149. The molecule has 12 aromatic rings. The third-order valence-corrected chi connectivity index (χ3v) is 15.6. The molecule has 1 aromatic heterocycles. The number of aromatic nitrogens is 1. The van der Waals surface area contributed by atoms with E-state index in [2.05, 4.69) is 213 Å². The lowest BCUT2D eigenvalue weighted by Crippen LogP contribution is -2.65. The van der Waals surface area contributed by atoms with Crippen molar-refractivity contribution in [3.05, 3.63) is 255 Å². The van der Waals surface area contributed by atoms with E-state index in [4.69, 9.17) is 9.47 Å². The molecule has 0 unspecified atom stereocenters. The van der Waals surface area contributed by atoms with Gasteiger partial charge in [-0.2, -0.15) is 0 Å². The minimum Gasteiger partial charge on any atom is -0.457 e. The van der Waals surface area contributed by atoms with E-state index < -0.39 is 0 Å². The largest absolute Gasteiger partial charge is 0.457 e. The van der Waals surface area contributed by atoms with Crippen LogP contribution in [0.25, 0.3) is 27.5 Å². The average Bonchev–Trinajstić information content (AvgIpc) is 3.93. The number of fused-ring (bicyclic) bond motifs is 11. The van der Waals surface area contributed by atoms with Gasteiger partial charge in [0.2, 0.25) is 0 Å². The van der Waals surface area contributed by atoms with Crippen molar-refractivity contribution >= 4 is 119 Å². The van der Waals surface area contributed by atoms with Crippen LogP contribution in [0.1, 0.15) is 0 Å². The predicted octanol–water partition coefficient (Wildman–Crippen LogP) is 13.1. The van der Waals surface area contributed by atoms with Gasteiger partial charge in [0.25, 0.3) is 13.4 Å². The summed E-state index contributed by atoms with van der Waals surface area (Å²) in [6, 6.07) is 91.7. The maximum atomic E-state index is 6.91. The number of hydrogen-bond donors (Lipinski definition) is 0. The first-order valence-corrected chi connectivity index (χ1v) is 25.4. The number of ether oxygens (including phenoxy) is 2. The number of rotatable bonds is 7. The van der Waals surface area contributed by atoms with E-state index in [0.29, 0.717) is 0 Å². The van der Waals surface area contributed by atoms with Crippen LogP contribution >= 0.6 is 0 Å². The smallest absolute Gasteiger partial charge is 0.252 e. The van der Waals surface area contributed by atoms with E-state index in [1.807, 2.05) is 60.7 Å². The summed E-state index contributed by atoms with van der Waals surface area (Å²) in [6.07, 6.45) is 0. The number of benzene rings is 11. The van der Waals surface area contributed by atoms with E-state index in [9.17, 15) is 0 Å². The van der Waals surface area contributed by atoms with Crippen molar-refractivity contribution < 1.29 is 9.47 Å². The van der Waals surface area contributed by atoms with Crippen molar-refractivity contribution in [2.75, 3.05) is 14.7 Å². The Hall–Kier alpha value is -9.65. The van der Waals surface area contributed by atoms with Crippen molar-refractivity contribution in [3.63, 3.8) is 0 Å². The second-order valence-corrected chi connectivity index (χ2v) is 19.6. The van der Waals surface area contributed by atoms with Gasteiger partial charge in [-0.05, 0) is 112 Å². The maximum Gasteiger partial charge on any atom is 0.252 e. The van der Waals surface area contributed by atoms with E-state index >= 15 is 0 Å². The molecule has 0 amide bonds. The molecule has 4 aliphatic rings. The van der Waals surface area contributed by atoms with Crippen molar-refractivity contribution in [2.45, 2.75) is 0 Å². The van der Waals surface area contributed by atoms with Crippen molar-refractivity contribution in [1.29, 1.82) is 0 Å². The molecule has 0 fully saturated rings. The van der Waals surface area contributed by atoms with Crippen LogP contribution in [0.2, 0.25) is 0 Å². The molecule has 0 saturated heterocycles. The monoisotopic (exact) mass is 944 g/mol. The zero-order valence-corrected chi connectivity index (χ0v) is 40.0. The van der Waals surface area contributed by atoms with Gasteiger partial charge in [-0.3, -0.25) is 0 Å². The molecule has 4 aliphatic heterocycles. The molecule has 0 radical (unpaired) electrons. The first-order chi connectivity index (χ1) is 36.7. The zero-order chi connectivity index (χ0) is 48.4. The minimum atomic E-state index is -0.124. The molecule has 344 valence electrons. The second-order valence-electron chi connectivity index (χ2n) is 19.6. The highest BCUT2D eigenvalue weighted by molar-refractivity contribution is 7.03. The van der Waals surface area contributed by atoms with E-state index in [0.717, 1.165) is 79.9 Å². The summed E-state index contributed by atoms with van der Waals surface area (Å²) in [7, 11) is 0. The van der Waals surface area contributed by atoms with Crippen LogP contribution in [0.3, 0.4) is 0 Å². The van der Waals surface area contributed by atoms with Gasteiger partial charge in [-0.25, -0.2) is 0 Å². The number of anilines is 9. The second kappa shape index (κ2) is 15.9. The molecule has 6 nitrogen and oxygen atoms in total. The minimum absolute atomic E-state index is 0.112. The first kappa shape index (κ1) is 41.0. The Morgan fingerprint density at radius 2 is 0.689 bits per heavy atom. The number of para-hydroxylation sites is 8. The predicted molar refractivity (Wildman–Crippen MR) is 307 cm³/mol. The van der Waals surface area contributed by atoms with Gasteiger partial charge in [0.15, 0.2) is 0 Å². The standard InChI is InChI=1S/C66H42B2N4O2/c1-6-21-43(22-7-1)69-57-36-19-17-33-52(57)67-54-41-55-59(42-58(54)70(44-23-8-2-9-24-44)61-38-48(37-60(69)64(61)67)73-46-27-12-4-13-28-46)71(45-25-10-3-11-26-45)62-39-49(74-47-29-14-5-15-30-47)40-63-65(62)68(55)53-34-20-32-51-50-31-16-18-35-56(50)72(63)66(51)53/h1-42H. The molecule has 0 bridgehead atoms. The SMILES string of the molecule is c1ccc(Oc2cc3c4c(c2)N(c2ccccc2)c2cc5c(cc2B4c2ccccc2N3c2ccccc2)B2c3c(cc(Oc4ccccc4)cc3-n3c4ccccc4c4cccc2c43)N5c2ccccc2)cc1. The van der Waals surface area contributed by atoms with Gasteiger partial charge < -0.3 is 28.7 Å². The van der Waals surface area contributed by atoms with Crippen LogP contribution in [-0.4, -0.2) is 18.0 Å². The van der Waals surface area contributed by atoms with Gasteiger partial charge in [0.05, 0.1) is 5.52 Å². The Morgan fingerprint density at radius 3 is 1.26 bits per heavy atom. The molecular weight excluding hydrogens is 902 g/mol. The van der Waals surface area contributed by atoms with Gasteiger partial charge >= 0.3 is 0 Å². The summed E-state index contributed by atoms with van der Waals surface area (Å²) < 4.78 is 16.3. The van der Waals surface area contributed by atoms with E-state index in [1.54, 1.807) is 0 Å². The Kier molecular flexibility index (Phi) is 8.83. The van der Waals surface area contributed by atoms with E-state index in [1.165, 1.54) is 54.6 Å². The molecule has 5 heterocycles. The highest BCUT2D eigenvalue weighted by atomic mass is 16.5. The number of nitrogens with zero attached hydrogens (tertiary/aromatic N) is 4. The Labute approximate surface area is 429 Å². The molecule has 0 spiro atoms. The Morgan fingerprint density at radius 1 is 0.270 bits per heavy atom. The van der Waals surface area contributed by atoms with Crippen LogP contribution in [-0.2, 0) is 0 Å². The molecule has 8 heteroatoms. The van der Waals surface area contributed by atoms with Gasteiger partial charge in [0, 0.05) is 97.4 Å². The van der Waals surface area contributed by atoms with Crippen LogP contribution in [0.5, 0.6) is 23.0 Å². The van der Waals surface area contributed by atoms with Crippen LogP contribution in [0, 0.1) is 0 Å². The van der Waals surface area contributed by atoms with Crippen LogP contribution < -0.4 is 57.0 Å². The lowest BCUT2D eigenvalue weighted by Gasteiger charge is -2.46. The topological polar surface area (TPSA) is 33.1 Å². The fourth-order valence-corrected chi connectivity index (χ4v) is 12.7. The van der Waals surface area contributed by atoms with Gasteiger partial charge in [-0.1, -0.05) is 152 Å². The van der Waals surface area contributed by atoms with E-state index in [-0.39, 0.29) is 13.4 Å². The Bertz CT molecular complexity index is 4230. The molecule has 0 saturated carbocycles. The van der Waals surface area contributed by atoms with Crippen molar-refractivity contribution in [3.8, 4) is 28.7 Å². The Balaban J connectivity index is 1.03. The summed E-state index contributed by atoms with van der Waals surface area (Å²) in [5, 5.41) is 2.48. The van der Waals surface area contributed by atoms with Gasteiger partial charge in [0.1, 0.15) is 23.0 Å². The summed E-state index contributed by atoms with van der Waals surface area (Å²) in [5.74, 6) is 3.10. The lowest BCUT2D eigenvalue weighted by atomic mass is 9.30. The molecule has 0 aliphatic carbocycles. The normalized spacial score (nSPS) is 13.3. The third kappa shape index (κ3) is 5.96. The van der Waals surface area contributed by atoms with Gasteiger partial charge in [-0.15, -0.1) is 0 Å². The molecule has 16 rings (SSSR count). The summed E-state index contributed by atoms with van der Waals surface area (Å²) in [4.78, 5) is 7.41. The third-order valence-electron chi connectivity index (χ3n) is 15.6. The molecule has 11 aromatic carbocycles. The fourth-order valence-electron chi connectivity index (χ4n) is 12.7. The van der Waals surface area contributed by atoms with Crippen LogP contribution in [0.4, 0.5) is 51.2 Å². The fraction of sp³-hybridized carbons (Fsp3) is 0. The molecule has 0 N–H and O–H groups in total. The van der Waals surface area contributed by atoms with Crippen molar-refractivity contribution in [1.82, 2.24) is 4.57 Å². The summed E-state index contributed by atoms with van der Waals surface area (Å²) in [5.41, 5.74) is 20.9. The van der Waals surface area contributed by atoms with Crippen LogP contribution in [0.15, 0.2) is 255 Å². The maximum absolute atomic E-state index is 6.91. The molecule has 74 heavy (non-hydrogen) atoms. The number of hydrogen-bond acceptors (Lipinski definition) is 5. The molecule has 0 atom stereocenters. The highest BCUT2D eigenvalue weighted by Crippen LogP contribution is 2.49. The van der Waals surface area contributed by atoms with Crippen molar-refractivity contribution in [2.24, 2.45) is 0 Å². The highest BCUT2D eigenvalue weighted by Gasteiger charge is 2.48.